The number of piperidine rings is 1. The molecule has 2 aliphatic heterocycles. The maximum atomic E-state index is 12.3. The first-order chi connectivity index (χ1) is 11.1. The van der Waals surface area contributed by atoms with E-state index in [0.717, 1.165) is 4.90 Å². The molecule has 2 unspecified atom stereocenters. The highest BCUT2D eigenvalue weighted by molar-refractivity contribution is 5.94. The van der Waals surface area contributed by atoms with Gasteiger partial charge in [-0.15, -0.1) is 0 Å². The zero-order valence-corrected chi connectivity index (χ0v) is 14.5. The Bertz CT molecular complexity index is 553. The van der Waals surface area contributed by atoms with E-state index >= 15 is 0 Å². The number of nitrogens with zero attached hydrogens (tertiary/aromatic N) is 2. The first kappa shape index (κ1) is 18.2. The maximum Gasteiger partial charge on any atom is 0.417 e. The molecular weight excluding hydrogens is 316 g/mol. The number of methoxy groups -OCH3 is 1. The minimum atomic E-state index is -0.685. The Morgan fingerprint density at radius 2 is 1.79 bits per heavy atom. The number of ether oxygens (including phenoxy) is 2. The number of amides is 3. The van der Waals surface area contributed by atoms with Crippen molar-refractivity contribution in [2.75, 3.05) is 13.7 Å². The fourth-order valence-corrected chi connectivity index (χ4v) is 3.09. The van der Waals surface area contributed by atoms with E-state index in [1.807, 2.05) is 0 Å². The van der Waals surface area contributed by atoms with Crippen LogP contribution >= 0.6 is 0 Å². The second kappa shape index (κ2) is 6.78. The first-order valence-electron chi connectivity index (χ1n) is 8.06. The van der Waals surface area contributed by atoms with Gasteiger partial charge in [-0.25, -0.2) is 14.5 Å². The van der Waals surface area contributed by atoms with Crippen LogP contribution in [0.4, 0.5) is 4.79 Å². The molecule has 24 heavy (non-hydrogen) atoms. The van der Waals surface area contributed by atoms with Crippen molar-refractivity contribution in [3.05, 3.63) is 0 Å². The lowest BCUT2D eigenvalue weighted by molar-refractivity contribution is -0.153. The van der Waals surface area contributed by atoms with E-state index in [1.54, 1.807) is 20.8 Å². The minimum Gasteiger partial charge on any atom is -0.467 e. The van der Waals surface area contributed by atoms with Crippen molar-refractivity contribution in [3.8, 4) is 0 Å². The number of carbonyl (C=O) groups excluding carboxylic acids is 4. The van der Waals surface area contributed by atoms with Crippen molar-refractivity contribution in [2.24, 2.45) is 0 Å². The lowest BCUT2D eigenvalue weighted by Crippen LogP contribution is -2.54. The van der Waals surface area contributed by atoms with E-state index in [9.17, 15) is 19.2 Å². The smallest absolute Gasteiger partial charge is 0.417 e. The largest absolute Gasteiger partial charge is 0.467 e. The average Bonchev–Trinajstić information content (AvgIpc) is 2.86. The van der Waals surface area contributed by atoms with Crippen molar-refractivity contribution in [1.29, 1.82) is 0 Å². The molecule has 2 heterocycles. The van der Waals surface area contributed by atoms with Crippen LogP contribution in [0.5, 0.6) is 0 Å². The molecule has 0 aromatic heterocycles. The first-order valence-corrected chi connectivity index (χ1v) is 8.06. The lowest BCUT2D eigenvalue weighted by atomic mass is 10.0. The van der Waals surface area contributed by atoms with Gasteiger partial charge in [0.2, 0.25) is 11.8 Å². The molecule has 134 valence electrons. The molecule has 2 saturated heterocycles. The molecule has 2 atom stereocenters. The van der Waals surface area contributed by atoms with Gasteiger partial charge in [-0.2, -0.15) is 0 Å². The Labute approximate surface area is 141 Å². The normalized spacial score (nSPS) is 25.0. The molecule has 0 spiro atoms. The van der Waals surface area contributed by atoms with E-state index in [-0.39, 0.29) is 25.3 Å². The van der Waals surface area contributed by atoms with Gasteiger partial charge < -0.3 is 14.4 Å². The second-order valence-electron chi connectivity index (χ2n) is 7.05. The summed E-state index contributed by atoms with van der Waals surface area (Å²) in [4.78, 5) is 50.8. The summed E-state index contributed by atoms with van der Waals surface area (Å²) in [7, 11) is 1.28. The van der Waals surface area contributed by atoms with Crippen molar-refractivity contribution in [1.82, 2.24) is 9.80 Å². The van der Waals surface area contributed by atoms with Crippen molar-refractivity contribution in [3.63, 3.8) is 0 Å². The zero-order valence-electron chi connectivity index (χ0n) is 14.5. The van der Waals surface area contributed by atoms with Gasteiger partial charge in [0, 0.05) is 25.4 Å². The molecule has 3 amide bonds. The third kappa shape index (κ3) is 3.85. The standard InChI is InChI=1S/C16H24N2O6/c1-16(2,3)24-15(22)17-8-7-10(9-13(17)20)18-11(14(21)23-4)5-6-12(18)19/h10-11H,5-9H2,1-4H3. The molecule has 8 nitrogen and oxygen atoms in total. The Hall–Kier alpha value is -2.12. The Morgan fingerprint density at radius 1 is 1.12 bits per heavy atom. The summed E-state index contributed by atoms with van der Waals surface area (Å²) in [5.74, 6) is -1.03. The van der Waals surface area contributed by atoms with Crippen LogP contribution < -0.4 is 0 Å². The van der Waals surface area contributed by atoms with Crippen LogP contribution in [0.15, 0.2) is 0 Å². The molecule has 0 radical (unpaired) electrons. The Kier molecular flexibility index (Phi) is 5.15. The summed E-state index contributed by atoms with van der Waals surface area (Å²) >= 11 is 0. The number of carbonyl (C=O) groups is 4. The van der Waals surface area contributed by atoms with Crippen LogP contribution in [0.2, 0.25) is 0 Å². The van der Waals surface area contributed by atoms with Gasteiger partial charge in [0.15, 0.2) is 0 Å². The summed E-state index contributed by atoms with van der Waals surface area (Å²) in [6.07, 6.45) is 0.401. The molecule has 0 aliphatic carbocycles. The van der Waals surface area contributed by atoms with Crippen LogP contribution in [0.3, 0.4) is 0 Å². The molecule has 0 aromatic rings. The van der Waals surface area contributed by atoms with Crippen LogP contribution in [0.1, 0.15) is 46.5 Å². The van der Waals surface area contributed by atoms with Crippen LogP contribution in [0.25, 0.3) is 0 Å². The van der Waals surface area contributed by atoms with E-state index in [2.05, 4.69) is 0 Å². The summed E-state index contributed by atoms with van der Waals surface area (Å²) < 4.78 is 9.96. The van der Waals surface area contributed by atoms with Gasteiger partial charge in [0.05, 0.1) is 7.11 Å². The highest BCUT2D eigenvalue weighted by atomic mass is 16.6. The monoisotopic (exact) mass is 340 g/mol. The van der Waals surface area contributed by atoms with E-state index in [0.29, 0.717) is 12.8 Å². The number of hydrogen-bond acceptors (Lipinski definition) is 6. The number of likely N-dealkylation sites (tertiary alicyclic amines) is 2. The topological polar surface area (TPSA) is 93.2 Å². The van der Waals surface area contributed by atoms with Crippen LogP contribution in [-0.4, -0.2) is 65.0 Å². The molecule has 2 rings (SSSR count). The fraction of sp³-hybridized carbons (Fsp3) is 0.750. The van der Waals surface area contributed by atoms with Crippen LogP contribution in [0, 0.1) is 0 Å². The highest BCUT2D eigenvalue weighted by Gasteiger charge is 2.44. The van der Waals surface area contributed by atoms with Gasteiger partial charge in [-0.1, -0.05) is 0 Å². The summed E-state index contributed by atoms with van der Waals surface area (Å²) in [6, 6.07) is -1.04. The average molecular weight is 340 g/mol. The predicted octanol–water partition coefficient (Wildman–Crippen LogP) is 1.08. The van der Waals surface area contributed by atoms with Crippen molar-refractivity contribution in [2.45, 2.75) is 64.1 Å². The number of rotatable bonds is 2. The SMILES string of the molecule is COC(=O)C1CCC(=O)N1C1CCN(C(=O)OC(C)(C)C)C(=O)C1. The Balaban J connectivity index is 2.04. The van der Waals surface area contributed by atoms with Crippen LogP contribution in [-0.2, 0) is 23.9 Å². The molecule has 0 saturated carbocycles. The van der Waals surface area contributed by atoms with Gasteiger partial charge in [0.1, 0.15) is 11.6 Å². The number of hydrogen-bond donors (Lipinski definition) is 0. The molecule has 2 aliphatic rings. The van der Waals surface area contributed by atoms with Gasteiger partial charge in [-0.05, 0) is 33.6 Å². The van der Waals surface area contributed by atoms with Crippen molar-refractivity contribution >= 4 is 23.9 Å². The Morgan fingerprint density at radius 3 is 2.33 bits per heavy atom. The third-order valence-corrected chi connectivity index (χ3v) is 4.13. The highest BCUT2D eigenvalue weighted by Crippen LogP contribution is 2.28. The quantitative estimate of drug-likeness (QED) is 0.698. The predicted molar refractivity (Wildman–Crippen MR) is 82.9 cm³/mol. The van der Waals surface area contributed by atoms with E-state index < -0.39 is 35.7 Å². The summed E-state index contributed by atoms with van der Waals surface area (Å²) in [5, 5.41) is 0. The zero-order chi connectivity index (χ0) is 18.1. The molecule has 2 fully saturated rings. The number of imide groups is 1. The number of esters is 1. The summed E-state index contributed by atoms with van der Waals surface area (Å²) in [5.41, 5.74) is -0.685. The molecule has 8 heteroatoms. The van der Waals surface area contributed by atoms with E-state index in [1.165, 1.54) is 12.0 Å². The molecular formula is C16H24N2O6. The van der Waals surface area contributed by atoms with Gasteiger partial charge >= 0.3 is 12.1 Å². The van der Waals surface area contributed by atoms with Gasteiger partial charge in [-0.3, -0.25) is 9.59 Å². The fourth-order valence-electron chi connectivity index (χ4n) is 3.09. The second-order valence-corrected chi connectivity index (χ2v) is 7.05. The minimum absolute atomic E-state index is 0.00151. The lowest BCUT2D eigenvalue weighted by Gasteiger charge is -2.37. The van der Waals surface area contributed by atoms with Crippen molar-refractivity contribution < 1.29 is 28.7 Å². The summed E-state index contributed by atoms with van der Waals surface area (Å²) in [6.45, 7) is 5.35. The third-order valence-electron chi connectivity index (χ3n) is 4.13. The molecule has 0 aromatic carbocycles. The molecule has 0 N–H and O–H groups in total. The molecule has 0 bridgehead atoms. The van der Waals surface area contributed by atoms with E-state index in [4.69, 9.17) is 9.47 Å². The van der Waals surface area contributed by atoms with Gasteiger partial charge in [0.25, 0.3) is 0 Å². The maximum absolute atomic E-state index is 12.3.